The van der Waals surface area contributed by atoms with Crippen molar-refractivity contribution in [2.45, 2.75) is 18.2 Å². The number of nitrogens with one attached hydrogen (secondary N) is 2. The Morgan fingerprint density at radius 3 is 2.43 bits per heavy atom. The summed E-state index contributed by atoms with van der Waals surface area (Å²) in [4.78, 5) is 28.1. The highest BCUT2D eigenvalue weighted by Crippen LogP contribution is 2.19. The Morgan fingerprint density at radius 2 is 1.77 bits per heavy atom. The first-order chi connectivity index (χ1) is 14.4. The number of rotatable bonds is 8. The summed E-state index contributed by atoms with van der Waals surface area (Å²) in [5, 5.41) is 4.63. The largest absolute Gasteiger partial charge is 0.466 e. The summed E-state index contributed by atoms with van der Waals surface area (Å²) in [5.74, 6) is -0.825. The Morgan fingerprint density at radius 1 is 1.07 bits per heavy atom. The molecule has 0 unspecified atom stereocenters. The number of ether oxygens (including phenoxy) is 1. The van der Waals surface area contributed by atoms with Crippen LogP contribution in [0.2, 0.25) is 0 Å². The number of esters is 1. The lowest BCUT2D eigenvalue weighted by Gasteiger charge is -2.08. The number of thiazole rings is 1. The Kier molecular flexibility index (Phi) is 6.80. The highest BCUT2D eigenvalue weighted by molar-refractivity contribution is 7.92. The molecule has 0 aliphatic heterocycles. The van der Waals surface area contributed by atoms with Gasteiger partial charge < -0.3 is 4.74 Å². The summed E-state index contributed by atoms with van der Waals surface area (Å²) in [7, 11) is -3.76. The minimum Gasteiger partial charge on any atom is -0.466 e. The second kappa shape index (κ2) is 9.51. The SMILES string of the molecule is CCOC(=O)Cc1csc(NC(=O)c2ccc(S(=O)(=O)Nc3ccccc3)cc2)n1. The van der Waals surface area contributed by atoms with E-state index in [0.717, 1.165) is 0 Å². The van der Waals surface area contributed by atoms with Crippen molar-refractivity contribution in [2.24, 2.45) is 0 Å². The number of aromatic nitrogens is 1. The number of hydrogen-bond acceptors (Lipinski definition) is 7. The predicted octanol–water partition coefficient (Wildman–Crippen LogP) is 3.30. The number of carbonyl (C=O) groups is 2. The van der Waals surface area contributed by atoms with Crippen LogP contribution < -0.4 is 10.0 Å². The molecule has 10 heteroatoms. The maximum atomic E-state index is 12.5. The first kappa shape index (κ1) is 21.5. The van der Waals surface area contributed by atoms with E-state index in [4.69, 9.17) is 4.74 Å². The number of amides is 1. The summed E-state index contributed by atoms with van der Waals surface area (Å²) in [5.41, 5.74) is 1.22. The molecule has 1 amide bonds. The van der Waals surface area contributed by atoms with Crippen molar-refractivity contribution in [1.29, 1.82) is 0 Å². The second-order valence-corrected chi connectivity index (χ2v) is 8.62. The molecule has 0 saturated heterocycles. The predicted molar refractivity (Wildman–Crippen MR) is 114 cm³/mol. The third kappa shape index (κ3) is 5.65. The molecule has 3 rings (SSSR count). The molecule has 0 aliphatic carbocycles. The van der Waals surface area contributed by atoms with Gasteiger partial charge in [0, 0.05) is 16.6 Å². The Labute approximate surface area is 178 Å². The van der Waals surface area contributed by atoms with Gasteiger partial charge in [-0.25, -0.2) is 13.4 Å². The van der Waals surface area contributed by atoms with Gasteiger partial charge in [-0.3, -0.25) is 19.6 Å². The van der Waals surface area contributed by atoms with Gasteiger partial charge in [0.05, 0.1) is 23.6 Å². The van der Waals surface area contributed by atoms with Gasteiger partial charge in [-0.2, -0.15) is 0 Å². The third-order valence-electron chi connectivity index (χ3n) is 3.86. The third-order valence-corrected chi connectivity index (χ3v) is 6.06. The number of carbonyl (C=O) groups excluding carboxylic acids is 2. The van der Waals surface area contributed by atoms with Gasteiger partial charge in [0.2, 0.25) is 0 Å². The summed E-state index contributed by atoms with van der Waals surface area (Å²) in [6.07, 6.45) is 0.0289. The zero-order valence-electron chi connectivity index (χ0n) is 16.0. The molecule has 0 radical (unpaired) electrons. The molecule has 0 spiro atoms. The van der Waals surface area contributed by atoms with E-state index in [1.165, 1.54) is 35.6 Å². The van der Waals surface area contributed by atoms with Crippen LogP contribution in [0.5, 0.6) is 0 Å². The maximum Gasteiger partial charge on any atom is 0.311 e. The first-order valence-corrected chi connectivity index (χ1v) is 11.3. The Hall–Kier alpha value is -3.24. The van der Waals surface area contributed by atoms with Gasteiger partial charge in [-0.15, -0.1) is 11.3 Å². The van der Waals surface area contributed by atoms with Crippen molar-refractivity contribution in [3.05, 3.63) is 71.2 Å². The molecule has 30 heavy (non-hydrogen) atoms. The van der Waals surface area contributed by atoms with Crippen LogP contribution in [0.15, 0.2) is 64.9 Å². The van der Waals surface area contributed by atoms with Crippen LogP contribution >= 0.6 is 11.3 Å². The fraction of sp³-hybridized carbons (Fsp3) is 0.150. The number of benzene rings is 2. The van der Waals surface area contributed by atoms with E-state index in [1.54, 1.807) is 42.6 Å². The van der Waals surface area contributed by atoms with E-state index in [1.807, 2.05) is 0 Å². The molecule has 8 nitrogen and oxygen atoms in total. The fourth-order valence-corrected chi connectivity index (χ4v) is 4.24. The topological polar surface area (TPSA) is 114 Å². The van der Waals surface area contributed by atoms with Crippen molar-refractivity contribution in [3.8, 4) is 0 Å². The highest BCUT2D eigenvalue weighted by atomic mass is 32.2. The standard InChI is InChI=1S/C20H19N3O5S2/c1-2-28-18(24)12-16-13-29-20(21-16)22-19(25)14-8-10-17(11-9-14)30(26,27)23-15-6-4-3-5-7-15/h3-11,13,23H,2,12H2,1H3,(H,21,22,25). The summed E-state index contributed by atoms with van der Waals surface area (Å²) >= 11 is 1.18. The van der Waals surface area contributed by atoms with Crippen LogP contribution in [-0.2, 0) is 26.0 Å². The number of nitrogens with zero attached hydrogens (tertiary/aromatic N) is 1. The molecule has 0 aliphatic rings. The Balaban J connectivity index is 1.64. The van der Waals surface area contributed by atoms with Crippen LogP contribution in [0.3, 0.4) is 0 Å². The monoisotopic (exact) mass is 445 g/mol. The van der Waals surface area contributed by atoms with Crippen LogP contribution in [0.25, 0.3) is 0 Å². The molecule has 3 aromatic rings. The minimum atomic E-state index is -3.76. The molecular formula is C20H19N3O5S2. The number of anilines is 2. The van der Waals surface area contributed by atoms with Crippen molar-refractivity contribution in [1.82, 2.24) is 4.98 Å². The smallest absolute Gasteiger partial charge is 0.311 e. The molecule has 2 aromatic carbocycles. The molecule has 0 saturated carbocycles. The first-order valence-electron chi connectivity index (χ1n) is 8.96. The Bertz CT molecular complexity index is 1130. The number of para-hydroxylation sites is 1. The van der Waals surface area contributed by atoms with Gasteiger partial charge in [0.1, 0.15) is 0 Å². The van der Waals surface area contributed by atoms with E-state index in [-0.39, 0.29) is 22.8 Å². The van der Waals surface area contributed by atoms with E-state index in [2.05, 4.69) is 15.0 Å². The summed E-state index contributed by atoms with van der Waals surface area (Å²) < 4.78 is 32.2. The highest BCUT2D eigenvalue weighted by Gasteiger charge is 2.16. The normalized spacial score (nSPS) is 11.0. The van der Waals surface area contributed by atoms with Crippen LogP contribution in [0.4, 0.5) is 10.8 Å². The summed E-state index contributed by atoms with van der Waals surface area (Å²) in [6, 6.07) is 14.1. The van der Waals surface area contributed by atoms with Crippen LogP contribution in [-0.4, -0.2) is 31.9 Å². The van der Waals surface area contributed by atoms with Crippen LogP contribution in [0.1, 0.15) is 23.0 Å². The summed E-state index contributed by atoms with van der Waals surface area (Å²) in [6.45, 7) is 2.01. The van der Waals surface area contributed by atoms with E-state index in [0.29, 0.717) is 23.1 Å². The van der Waals surface area contributed by atoms with E-state index < -0.39 is 15.9 Å². The lowest BCUT2D eigenvalue weighted by atomic mass is 10.2. The van der Waals surface area contributed by atoms with Gasteiger partial charge in [-0.05, 0) is 43.3 Å². The number of sulfonamides is 1. The second-order valence-electron chi connectivity index (χ2n) is 6.08. The molecule has 0 bridgehead atoms. The average molecular weight is 446 g/mol. The zero-order valence-corrected chi connectivity index (χ0v) is 17.6. The minimum absolute atomic E-state index is 0.0289. The van der Waals surface area contributed by atoms with E-state index >= 15 is 0 Å². The van der Waals surface area contributed by atoms with Gasteiger partial charge in [0.15, 0.2) is 5.13 Å². The maximum absolute atomic E-state index is 12.5. The lowest BCUT2D eigenvalue weighted by molar-refractivity contribution is -0.142. The molecular weight excluding hydrogens is 426 g/mol. The average Bonchev–Trinajstić information content (AvgIpc) is 3.15. The zero-order chi connectivity index (χ0) is 21.6. The molecule has 156 valence electrons. The van der Waals surface area contributed by atoms with Crippen molar-refractivity contribution >= 4 is 44.1 Å². The van der Waals surface area contributed by atoms with Gasteiger partial charge in [0.25, 0.3) is 15.9 Å². The molecule has 1 heterocycles. The van der Waals surface area contributed by atoms with Crippen molar-refractivity contribution in [2.75, 3.05) is 16.6 Å². The molecule has 0 fully saturated rings. The molecule has 1 aromatic heterocycles. The fourth-order valence-electron chi connectivity index (χ4n) is 2.48. The molecule has 0 atom stereocenters. The quantitative estimate of drug-likeness (QED) is 0.514. The van der Waals surface area contributed by atoms with Crippen molar-refractivity contribution < 1.29 is 22.7 Å². The lowest BCUT2D eigenvalue weighted by Crippen LogP contribution is -2.15. The van der Waals surface area contributed by atoms with Gasteiger partial charge >= 0.3 is 5.97 Å². The molecule has 2 N–H and O–H groups in total. The van der Waals surface area contributed by atoms with Crippen molar-refractivity contribution in [3.63, 3.8) is 0 Å². The van der Waals surface area contributed by atoms with Gasteiger partial charge in [-0.1, -0.05) is 18.2 Å². The number of hydrogen-bond donors (Lipinski definition) is 2. The van der Waals surface area contributed by atoms with Crippen LogP contribution in [0, 0.1) is 0 Å². The van der Waals surface area contributed by atoms with E-state index in [9.17, 15) is 18.0 Å².